The van der Waals surface area contributed by atoms with Gasteiger partial charge in [0.2, 0.25) is 10.0 Å². The van der Waals surface area contributed by atoms with E-state index in [2.05, 4.69) is 5.32 Å². The van der Waals surface area contributed by atoms with Crippen molar-refractivity contribution < 1.29 is 17.9 Å². The van der Waals surface area contributed by atoms with Crippen molar-refractivity contribution in [2.75, 3.05) is 13.7 Å². The number of hydrogen-bond acceptors (Lipinski definition) is 4. The van der Waals surface area contributed by atoms with Gasteiger partial charge in [0.1, 0.15) is 0 Å². The number of nitrogens with two attached hydrogens (primary N) is 1. The molecule has 0 fully saturated rings. The van der Waals surface area contributed by atoms with Gasteiger partial charge < -0.3 is 10.1 Å². The maximum absolute atomic E-state index is 11.9. The first-order chi connectivity index (χ1) is 9.16. The number of carbonyl (C=O) groups excluding carboxylic acids is 1. The molecule has 1 aromatic rings. The lowest BCUT2D eigenvalue weighted by Gasteiger charge is -2.12. The molecule has 1 atom stereocenters. The Morgan fingerprint density at radius 2 is 2.10 bits per heavy atom. The van der Waals surface area contributed by atoms with Gasteiger partial charge in [-0.3, -0.25) is 4.79 Å². The van der Waals surface area contributed by atoms with Gasteiger partial charge >= 0.3 is 0 Å². The van der Waals surface area contributed by atoms with E-state index in [0.29, 0.717) is 12.1 Å². The first kappa shape index (κ1) is 16.9. The summed E-state index contributed by atoms with van der Waals surface area (Å²) in [5, 5.41) is 7.89. The summed E-state index contributed by atoms with van der Waals surface area (Å²) in [5.41, 5.74) is 0.448. The molecule has 0 aliphatic heterocycles. The quantitative estimate of drug-likeness (QED) is 0.847. The summed E-state index contributed by atoms with van der Waals surface area (Å²) in [6, 6.07) is 2.61. The van der Waals surface area contributed by atoms with Crippen LogP contribution in [0.1, 0.15) is 22.8 Å². The minimum Gasteiger partial charge on any atom is -0.380 e. The van der Waals surface area contributed by atoms with E-state index in [1.165, 1.54) is 26.2 Å². The van der Waals surface area contributed by atoms with Crippen LogP contribution in [-0.4, -0.2) is 34.1 Å². The highest BCUT2D eigenvalue weighted by Gasteiger charge is 2.18. The van der Waals surface area contributed by atoms with Gasteiger partial charge in [0, 0.05) is 24.2 Å². The molecule has 0 aliphatic carbocycles. The number of methoxy groups -OCH3 is 1. The summed E-state index contributed by atoms with van der Waals surface area (Å²) in [6.45, 7) is 3.61. The zero-order valence-electron chi connectivity index (χ0n) is 11.4. The Morgan fingerprint density at radius 1 is 1.50 bits per heavy atom. The standard InChI is InChI=1S/C12H17ClN2O4S/c1-7(19-3)6-15-12(16)9-4-10(13)8(2)11(5-9)20(14,17)18/h4-5,7H,6H2,1-3H3,(H,15,16)(H2,14,17,18). The van der Waals surface area contributed by atoms with Gasteiger partial charge in [-0.05, 0) is 31.5 Å². The van der Waals surface area contributed by atoms with E-state index < -0.39 is 15.9 Å². The van der Waals surface area contributed by atoms with Crippen LogP contribution in [0.25, 0.3) is 0 Å². The Hall–Kier alpha value is -1.15. The zero-order chi connectivity index (χ0) is 15.5. The highest BCUT2D eigenvalue weighted by molar-refractivity contribution is 7.89. The Kier molecular flexibility index (Phi) is 5.52. The van der Waals surface area contributed by atoms with Gasteiger partial charge in [-0.1, -0.05) is 11.6 Å². The highest BCUT2D eigenvalue weighted by Crippen LogP contribution is 2.24. The molecule has 1 aromatic carbocycles. The third-order valence-electron chi connectivity index (χ3n) is 2.82. The Balaban J connectivity index is 3.09. The Labute approximate surface area is 123 Å². The number of rotatable bonds is 5. The van der Waals surface area contributed by atoms with E-state index in [0.717, 1.165) is 0 Å². The second-order valence-corrected chi connectivity index (χ2v) is 6.32. The van der Waals surface area contributed by atoms with Crippen molar-refractivity contribution in [1.29, 1.82) is 0 Å². The van der Waals surface area contributed by atoms with Gasteiger partial charge in [-0.15, -0.1) is 0 Å². The lowest BCUT2D eigenvalue weighted by Crippen LogP contribution is -2.31. The first-order valence-corrected chi connectivity index (χ1v) is 7.73. The van der Waals surface area contributed by atoms with Crippen LogP contribution in [0.3, 0.4) is 0 Å². The third-order valence-corrected chi connectivity index (χ3v) is 4.25. The molecule has 1 unspecified atom stereocenters. The van der Waals surface area contributed by atoms with Crippen molar-refractivity contribution in [2.24, 2.45) is 5.14 Å². The van der Waals surface area contributed by atoms with Gasteiger partial charge in [0.05, 0.1) is 11.0 Å². The molecule has 6 nitrogen and oxygen atoms in total. The Bertz CT molecular complexity index is 616. The minimum absolute atomic E-state index is 0.132. The van der Waals surface area contributed by atoms with E-state index >= 15 is 0 Å². The van der Waals surface area contributed by atoms with E-state index in [1.807, 2.05) is 0 Å². The maximum Gasteiger partial charge on any atom is 0.251 e. The van der Waals surface area contributed by atoms with Crippen molar-refractivity contribution in [3.63, 3.8) is 0 Å². The summed E-state index contributed by atoms with van der Waals surface area (Å²) in [4.78, 5) is 11.8. The molecule has 0 saturated carbocycles. The predicted octanol–water partition coefficient (Wildman–Crippen LogP) is 1.06. The molecule has 0 bridgehead atoms. The van der Waals surface area contributed by atoms with Gasteiger partial charge in [0.25, 0.3) is 5.91 Å². The molecular formula is C12H17ClN2O4S. The number of amides is 1. The molecule has 0 aliphatic rings. The van der Waals surface area contributed by atoms with E-state index in [9.17, 15) is 13.2 Å². The largest absolute Gasteiger partial charge is 0.380 e. The monoisotopic (exact) mass is 320 g/mol. The summed E-state index contributed by atoms with van der Waals surface area (Å²) in [5.74, 6) is -0.444. The smallest absolute Gasteiger partial charge is 0.251 e. The van der Waals surface area contributed by atoms with Crippen molar-refractivity contribution in [2.45, 2.75) is 24.8 Å². The fourth-order valence-corrected chi connectivity index (χ4v) is 2.61. The van der Waals surface area contributed by atoms with Crippen LogP contribution in [-0.2, 0) is 14.8 Å². The molecule has 3 N–H and O–H groups in total. The van der Waals surface area contributed by atoms with Crippen LogP contribution < -0.4 is 10.5 Å². The Morgan fingerprint density at radius 3 is 2.60 bits per heavy atom. The molecule has 0 spiro atoms. The zero-order valence-corrected chi connectivity index (χ0v) is 13.0. The molecule has 20 heavy (non-hydrogen) atoms. The summed E-state index contributed by atoms with van der Waals surface area (Å²) >= 11 is 5.93. The molecule has 1 amide bonds. The average Bonchev–Trinajstić information content (AvgIpc) is 2.36. The summed E-state index contributed by atoms with van der Waals surface area (Å²) in [7, 11) is -2.41. The molecule has 8 heteroatoms. The second-order valence-electron chi connectivity index (χ2n) is 4.38. The number of carbonyl (C=O) groups is 1. The number of benzene rings is 1. The van der Waals surface area contributed by atoms with Gasteiger partial charge in [0.15, 0.2) is 0 Å². The highest BCUT2D eigenvalue weighted by atomic mass is 35.5. The first-order valence-electron chi connectivity index (χ1n) is 5.80. The third kappa shape index (κ3) is 4.17. The normalized spacial score (nSPS) is 13.1. The van der Waals surface area contributed by atoms with Crippen LogP contribution >= 0.6 is 11.6 Å². The second kappa shape index (κ2) is 6.53. The number of sulfonamides is 1. The molecule has 112 valence electrons. The van der Waals surface area contributed by atoms with Crippen LogP contribution in [0, 0.1) is 6.92 Å². The lowest BCUT2D eigenvalue weighted by atomic mass is 10.1. The molecule has 0 saturated heterocycles. The van der Waals surface area contributed by atoms with Crippen molar-refractivity contribution >= 4 is 27.5 Å². The van der Waals surface area contributed by atoms with E-state index in [-0.39, 0.29) is 21.6 Å². The fourth-order valence-electron chi connectivity index (χ4n) is 1.50. The maximum atomic E-state index is 11.9. The van der Waals surface area contributed by atoms with Crippen molar-refractivity contribution in [1.82, 2.24) is 5.32 Å². The predicted molar refractivity (Wildman–Crippen MR) is 76.4 cm³/mol. The average molecular weight is 321 g/mol. The number of primary sulfonamides is 1. The topological polar surface area (TPSA) is 98.5 Å². The number of nitrogens with one attached hydrogen (secondary N) is 1. The minimum atomic E-state index is -3.94. The molecule has 0 heterocycles. The fraction of sp³-hybridized carbons (Fsp3) is 0.417. The van der Waals surface area contributed by atoms with Crippen molar-refractivity contribution in [3.8, 4) is 0 Å². The molecule has 1 rings (SSSR count). The van der Waals surface area contributed by atoms with Gasteiger partial charge in [-0.2, -0.15) is 0 Å². The summed E-state index contributed by atoms with van der Waals surface area (Å²) < 4.78 is 27.9. The molecule has 0 aromatic heterocycles. The van der Waals surface area contributed by atoms with Crippen LogP contribution in [0.5, 0.6) is 0 Å². The number of hydrogen-bond donors (Lipinski definition) is 2. The van der Waals surface area contributed by atoms with Crippen LogP contribution in [0.4, 0.5) is 0 Å². The molecular weight excluding hydrogens is 304 g/mol. The van der Waals surface area contributed by atoms with Crippen LogP contribution in [0.15, 0.2) is 17.0 Å². The van der Waals surface area contributed by atoms with Gasteiger partial charge in [-0.25, -0.2) is 13.6 Å². The number of ether oxygens (including phenoxy) is 1. The molecule has 0 radical (unpaired) electrons. The SMILES string of the molecule is COC(C)CNC(=O)c1cc(Cl)c(C)c(S(N)(=O)=O)c1. The lowest BCUT2D eigenvalue weighted by molar-refractivity contribution is 0.0870. The van der Waals surface area contributed by atoms with Crippen LogP contribution in [0.2, 0.25) is 5.02 Å². The van der Waals surface area contributed by atoms with E-state index in [4.69, 9.17) is 21.5 Å². The summed E-state index contributed by atoms with van der Waals surface area (Å²) in [6.07, 6.45) is -0.155. The van der Waals surface area contributed by atoms with Crippen molar-refractivity contribution in [3.05, 3.63) is 28.3 Å². The van der Waals surface area contributed by atoms with E-state index in [1.54, 1.807) is 6.92 Å². The number of halogens is 1.